The van der Waals surface area contributed by atoms with Gasteiger partial charge in [0, 0.05) is 16.6 Å². The Hall–Kier alpha value is -2.55. The van der Waals surface area contributed by atoms with Crippen molar-refractivity contribution in [3.8, 4) is 0 Å². The molecule has 3 aromatic rings. The number of unbranched alkanes of at least 4 members (excludes halogenated alkanes) is 1. The van der Waals surface area contributed by atoms with E-state index >= 15 is 0 Å². The summed E-state index contributed by atoms with van der Waals surface area (Å²) in [5.41, 5.74) is 5.57. The van der Waals surface area contributed by atoms with Gasteiger partial charge in [0.25, 0.3) is 0 Å². The molecule has 0 aliphatic carbocycles. The molecule has 0 saturated heterocycles. The average molecular weight is 321 g/mol. The number of methoxy groups -OCH3 is 1. The predicted octanol–water partition coefficient (Wildman–Crippen LogP) is 4.83. The fourth-order valence-electron chi connectivity index (χ4n) is 3.15. The number of benzene rings is 2. The lowest BCUT2D eigenvalue weighted by atomic mass is 10.0. The number of esters is 1. The van der Waals surface area contributed by atoms with Gasteiger partial charge in [-0.2, -0.15) is 0 Å². The van der Waals surface area contributed by atoms with E-state index in [0.717, 1.165) is 30.2 Å². The summed E-state index contributed by atoms with van der Waals surface area (Å²) in [6.07, 6.45) is 4.46. The zero-order chi connectivity index (χ0) is 16.9. The molecule has 3 nitrogen and oxygen atoms in total. The Balaban J connectivity index is 1.66. The first kappa shape index (κ1) is 16.3. The number of hydrogen-bond donors (Lipinski definition) is 1. The standard InChI is InChI=1S/C21H23NO2/c1-15-18-14-17(21(23)24-2)12-13-20(18)22-19(15)11-7-6-10-16-8-4-3-5-9-16/h3-5,8-9,12-14,22H,6-7,10-11H2,1-2H3. The van der Waals surface area contributed by atoms with Crippen LogP contribution in [0.15, 0.2) is 48.5 Å². The molecule has 1 aromatic heterocycles. The molecule has 2 aromatic carbocycles. The molecule has 124 valence electrons. The maximum absolute atomic E-state index is 11.7. The first-order valence-electron chi connectivity index (χ1n) is 8.42. The molecule has 3 heteroatoms. The van der Waals surface area contributed by atoms with Gasteiger partial charge >= 0.3 is 5.97 Å². The second-order valence-electron chi connectivity index (χ2n) is 6.17. The molecule has 0 radical (unpaired) electrons. The second kappa shape index (κ2) is 7.35. The summed E-state index contributed by atoms with van der Waals surface area (Å²) < 4.78 is 4.80. The van der Waals surface area contributed by atoms with Crippen LogP contribution in [0.5, 0.6) is 0 Å². The number of aromatic nitrogens is 1. The maximum Gasteiger partial charge on any atom is 0.337 e. The number of H-pyrrole nitrogens is 1. The van der Waals surface area contributed by atoms with Gasteiger partial charge in [0.05, 0.1) is 12.7 Å². The van der Waals surface area contributed by atoms with Gasteiger partial charge in [-0.25, -0.2) is 4.79 Å². The minimum absolute atomic E-state index is 0.290. The van der Waals surface area contributed by atoms with Crippen molar-refractivity contribution in [1.82, 2.24) is 4.98 Å². The van der Waals surface area contributed by atoms with Crippen molar-refractivity contribution in [1.29, 1.82) is 0 Å². The highest BCUT2D eigenvalue weighted by Gasteiger charge is 2.11. The number of aryl methyl sites for hydroxylation is 3. The van der Waals surface area contributed by atoms with E-state index in [1.807, 2.05) is 18.2 Å². The van der Waals surface area contributed by atoms with Crippen LogP contribution in [0.4, 0.5) is 0 Å². The topological polar surface area (TPSA) is 42.1 Å². The molecule has 0 atom stereocenters. The quantitative estimate of drug-likeness (QED) is 0.522. The number of hydrogen-bond acceptors (Lipinski definition) is 2. The van der Waals surface area contributed by atoms with Gasteiger partial charge in [-0.05, 0) is 61.9 Å². The molecule has 1 N–H and O–H groups in total. The molecule has 0 amide bonds. The van der Waals surface area contributed by atoms with Crippen molar-refractivity contribution < 1.29 is 9.53 Å². The molecule has 0 unspecified atom stereocenters. The van der Waals surface area contributed by atoms with E-state index in [1.165, 1.54) is 30.4 Å². The van der Waals surface area contributed by atoms with Gasteiger partial charge in [0.15, 0.2) is 0 Å². The Kier molecular flexibility index (Phi) is 4.99. The third kappa shape index (κ3) is 3.51. The molecule has 0 spiro atoms. The minimum Gasteiger partial charge on any atom is -0.465 e. The zero-order valence-corrected chi connectivity index (χ0v) is 14.3. The molecule has 24 heavy (non-hydrogen) atoms. The van der Waals surface area contributed by atoms with Crippen LogP contribution in [0.25, 0.3) is 10.9 Å². The fraction of sp³-hybridized carbons (Fsp3) is 0.286. The minimum atomic E-state index is -0.290. The highest BCUT2D eigenvalue weighted by Crippen LogP contribution is 2.24. The van der Waals surface area contributed by atoms with Crippen LogP contribution >= 0.6 is 0 Å². The van der Waals surface area contributed by atoms with Gasteiger partial charge in [-0.15, -0.1) is 0 Å². The molecule has 0 bridgehead atoms. The SMILES string of the molecule is COC(=O)c1ccc2[nH]c(CCCCc3ccccc3)c(C)c2c1. The van der Waals surface area contributed by atoms with Crippen LogP contribution in [0, 0.1) is 6.92 Å². The van der Waals surface area contributed by atoms with E-state index in [0.29, 0.717) is 5.56 Å². The van der Waals surface area contributed by atoms with E-state index < -0.39 is 0 Å². The molecule has 0 saturated carbocycles. The summed E-state index contributed by atoms with van der Waals surface area (Å²) in [6, 6.07) is 16.3. The van der Waals surface area contributed by atoms with Crippen LogP contribution < -0.4 is 0 Å². The van der Waals surface area contributed by atoms with Crippen LogP contribution in [-0.2, 0) is 17.6 Å². The van der Waals surface area contributed by atoms with Crippen molar-refractivity contribution in [2.24, 2.45) is 0 Å². The summed E-state index contributed by atoms with van der Waals surface area (Å²) in [6.45, 7) is 2.12. The van der Waals surface area contributed by atoms with Gasteiger partial charge in [0.1, 0.15) is 0 Å². The largest absolute Gasteiger partial charge is 0.465 e. The summed E-state index contributed by atoms with van der Waals surface area (Å²) in [7, 11) is 1.41. The monoisotopic (exact) mass is 321 g/mol. The highest BCUT2D eigenvalue weighted by molar-refractivity contribution is 5.96. The van der Waals surface area contributed by atoms with E-state index in [2.05, 4.69) is 42.2 Å². The average Bonchev–Trinajstić information content (AvgIpc) is 2.94. The summed E-state index contributed by atoms with van der Waals surface area (Å²) >= 11 is 0. The van der Waals surface area contributed by atoms with Crippen LogP contribution in [0.2, 0.25) is 0 Å². The molecule has 1 heterocycles. The molecule has 0 fully saturated rings. The zero-order valence-electron chi connectivity index (χ0n) is 14.3. The summed E-state index contributed by atoms with van der Waals surface area (Å²) in [5.74, 6) is -0.290. The van der Waals surface area contributed by atoms with Gasteiger partial charge < -0.3 is 9.72 Å². The van der Waals surface area contributed by atoms with Crippen molar-refractivity contribution in [2.45, 2.75) is 32.6 Å². The molecule has 3 rings (SSSR count). The van der Waals surface area contributed by atoms with Crippen molar-refractivity contribution in [3.63, 3.8) is 0 Å². The Morgan fingerprint density at radius 1 is 1.04 bits per heavy atom. The molecular formula is C21H23NO2. The number of ether oxygens (including phenoxy) is 1. The van der Waals surface area contributed by atoms with Gasteiger partial charge in [-0.3, -0.25) is 0 Å². The number of carbonyl (C=O) groups excluding carboxylic acids is 1. The van der Waals surface area contributed by atoms with Crippen LogP contribution in [-0.4, -0.2) is 18.1 Å². The Labute approximate surface area is 142 Å². The molecule has 0 aliphatic rings. The normalized spacial score (nSPS) is 10.9. The third-order valence-corrected chi connectivity index (χ3v) is 4.57. The lowest BCUT2D eigenvalue weighted by Crippen LogP contribution is -2.00. The molecule has 0 aliphatic heterocycles. The van der Waals surface area contributed by atoms with E-state index in [4.69, 9.17) is 4.74 Å². The number of aromatic amines is 1. The van der Waals surface area contributed by atoms with Crippen LogP contribution in [0.3, 0.4) is 0 Å². The molecular weight excluding hydrogens is 298 g/mol. The van der Waals surface area contributed by atoms with Crippen molar-refractivity contribution in [3.05, 3.63) is 70.9 Å². The van der Waals surface area contributed by atoms with Gasteiger partial charge in [-0.1, -0.05) is 30.3 Å². The number of rotatable bonds is 6. The van der Waals surface area contributed by atoms with Crippen molar-refractivity contribution >= 4 is 16.9 Å². The third-order valence-electron chi connectivity index (χ3n) is 4.57. The summed E-state index contributed by atoms with van der Waals surface area (Å²) in [4.78, 5) is 15.2. The fourth-order valence-corrected chi connectivity index (χ4v) is 3.15. The first-order chi connectivity index (χ1) is 11.7. The first-order valence-corrected chi connectivity index (χ1v) is 8.42. The number of fused-ring (bicyclic) bond motifs is 1. The lowest BCUT2D eigenvalue weighted by Gasteiger charge is -2.02. The predicted molar refractivity (Wildman–Crippen MR) is 97.5 cm³/mol. The highest BCUT2D eigenvalue weighted by atomic mass is 16.5. The Morgan fingerprint density at radius 3 is 2.54 bits per heavy atom. The van der Waals surface area contributed by atoms with E-state index in [-0.39, 0.29) is 5.97 Å². The lowest BCUT2D eigenvalue weighted by molar-refractivity contribution is 0.0601. The van der Waals surface area contributed by atoms with E-state index in [1.54, 1.807) is 0 Å². The Morgan fingerprint density at radius 2 is 1.79 bits per heavy atom. The van der Waals surface area contributed by atoms with Crippen LogP contribution in [0.1, 0.15) is 40.0 Å². The maximum atomic E-state index is 11.7. The van der Waals surface area contributed by atoms with E-state index in [9.17, 15) is 4.79 Å². The second-order valence-corrected chi connectivity index (χ2v) is 6.17. The number of nitrogens with one attached hydrogen (secondary N) is 1. The number of carbonyl (C=O) groups is 1. The smallest absolute Gasteiger partial charge is 0.337 e. The van der Waals surface area contributed by atoms with Crippen molar-refractivity contribution in [2.75, 3.05) is 7.11 Å². The summed E-state index contributed by atoms with van der Waals surface area (Å²) in [5, 5.41) is 1.11. The van der Waals surface area contributed by atoms with Gasteiger partial charge in [0.2, 0.25) is 0 Å². The Bertz CT molecular complexity index is 834.